The molecule has 1 N–H and O–H groups in total. The Morgan fingerprint density at radius 2 is 1.65 bits per heavy atom. The van der Waals surface area contributed by atoms with Crippen LogP contribution in [0.1, 0.15) is 22.1 Å². The minimum Gasteiger partial charge on any atom is -0.434 e. The van der Waals surface area contributed by atoms with E-state index in [0.717, 1.165) is 11.3 Å². The number of hydrogen-bond donors (Lipinski definition) is 1. The SMILES string of the molecule is O=C1O[C@@H](Nc2ccccc2)c2ccccc21. The zero-order valence-electron chi connectivity index (χ0n) is 9.09. The van der Waals surface area contributed by atoms with Crippen LogP contribution < -0.4 is 5.32 Å². The Labute approximate surface area is 99.0 Å². The Kier molecular flexibility index (Phi) is 2.29. The van der Waals surface area contributed by atoms with Crippen LogP contribution in [0, 0.1) is 0 Å². The average Bonchev–Trinajstić information content (AvgIpc) is 2.69. The highest BCUT2D eigenvalue weighted by Crippen LogP contribution is 2.30. The summed E-state index contributed by atoms with van der Waals surface area (Å²) in [4.78, 5) is 11.6. The van der Waals surface area contributed by atoms with Gasteiger partial charge in [-0.3, -0.25) is 0 Å². The Bertz CT molecular complexity index is 551. The second-order valence-electron chi connectivity index (χ2n) is 3.88. The number of cyclic esters (lactones) is 1. The first-order valence-electron chi connectivity index (χ1n) is 5.46. The summed E-state index contributed by atoms with van der Waals surface area (Å²) in [5, 5.41) is 3.18. The lowest BCUT2D eigenvalue weighted by molar-refractivity contribution is 0.0437. The molecule has 17 heavy (non-hydrogen) atoms. The minimum atomic E-state index is -0.388. The van der Waals surface area contributed by atoms with Crippen molar-refractivity contribution < 1.29 is 9.53 Å². The Morgan fingerprint density at radius 1 is 0.941 bits per heavy atom. The molecule has 84 valence electrons. The lowest BCUT2D eigenvalue weighted by Crippen LogP contribution is -2.09. The van der Waals surface area contributed by atoms with Crippen LogP contribution in [0.4, 0.5) is 5.69 Å². The van der Waals surface area contributed by atoms with Crippen molar-refractivity contribution in [2.45, 2.75) is 6.23 Å². The topological polar surface area (TPSA) is 38.3 Å². The van der Waals surface area contributed by atoms with Gasteiger partial charge < -0.3 is 10.1 Å². The molecule has 0 spiro atoms. The largest absolute Gasteiger partial charge is 0.434 e. The smallest absolute Gasteiger partial charge is 0.340 e. The monoisotopic (exact) mass is 225 g/mol. The molecule has 0 aromatic heterocycles. The normalized spacial score (nSPS) is 17.4. The molecule has 0 saturated heterocycles. The number of anilines is 1. The van der Waals surface area contributed by atoms with E-state index >= 15 is 0 Å². The van der Waals surface area contributed by atoms with Gasteiger partial charge in [0, 0.05) is 11.3 Å². The van der Waals surface area contributed by atoms with Crippen LogP contribution in [0.2, 0.25) is 0 Å². The molecule has 2 aromatic rings. The average molecular weight is 225 g/mol. The number of esters is 1. The summed E-state index contributed by atoms with van der Waals surface area (Å²) < 4.78 is 5.29. The quantitative estimate of drug-likeness (QED) is 0.798. The van der Waals surface area contributed by atoms with Crippen molar-refractivity contribution in [1.29, 1.82) is 0 Å². The van der Waals surface area contributed by atoms with Gasteiger partial charge in [0.05, 0.1) is 5.56 Å². The van der Waals surface area contributed by atoms with E-state index in [-0.39, 0.29) is 12.2 Å². The fraction of sp³-hybridized carbons (Fsp3) is 0.0714. The molecule has 3 heteroatoms. The standard InChI is InChI=1S/C14H11NO2/c16-14-12-9-5-4-8-11(12)13(17-14)15-10-6-2-1-3-7-10/h1-9,13,15H/t13-/m1/s1. The number of benzene rings is 2. The Balaban J connectivity index is 1.90. The molecule has 0 saturated carbocycles. The van der Waals surface area contributed by atoms with Gasteiger partial charge in [0.15, 0.2) is 0 Å². The van der Waals surface area contributed by atoms with E-state index < -0.39 is 0 Å². The molecule has 3 rings (SSSR count). The van der Waals surface area contributed by atoms with E-state index in [1.165, 1.54) is 0 Å². The lowest BCUT2D eigenvalue weighted by Gasteiger charge is -2.13. The number of ether oxygens (including phenoxy) is 1. The summed E-state index contributed by atoms with van der Waals surface area (Å²) in [5.41, 5.74) is 2.46. The van der Waals surface area contributed by atoms with Crippen LogP contribution in [0.25, 0.3) is 0 Å². The summed E-state index contributed by atoms with van der Waals surface area (Å²) in [7, 11) is 0. The van der Waals surface area contributed by atoms with Crippen LogP contribution >= 0.6 is 0 Å². The highest BCUT2D eigenvalue weighted by Gasteiger charge is 2.30. The molecule has 0 radical (unpaired) electrons. The van der Waals surface area contributed by atoms with Crippen molar-refractivity contribution in [1.82, 2.24) is 0 Å². The first-order chi connectivity index (χ1) is 8.34. The van der Waals surface area contributed by atoms with Crippen LogP contribution in [0.15, 0.2) is 54.6 Å². The predicted molar refractivity (Wildman–Crippen MR) is 64.7 cm³/mol. The van der Waals surface area contributed by atoms with Crippen molar-refractivity contribution in [2.24, 2.45) is 0 Å². The zero-order chi connectivity index (χ0) is 11.7. The van der Waals surface area contributed by atoms with Gasteiger partial charge in [0.1, 0.15) is 0 Å². The third-order valence-corrected chi connectivity index (χ3v) is 2.76. The number of rotatable bonds is 2. The first kappa shape index (κ1) is 9.90. The van der Waals surface area contributed by atoms with E-state index in [4.69, 9.17) is 4.74 Å². The summed E-state index contributed by atoms with van der Waals surface area (Å²) in [6.45, 7) is 0. The molecule has 1 aliphatic heterocycles. The van der Waals surface area contributed by atoms with Crippen LogP contribution in [-0.2, 0) is 4.74 Å². The molecule has 1 aliphatic rings. The van der Waals surface area contributed by atoms with E-state index in [1.54, 1.807) is 6.07 Å². The van der Waals surface area contributed by atoms with Gasteiger partial charge in [-0.15, -0.1) is 0 Å². The molecule has 0 amide bonds. The van der Waals surface area contributed by atoms with Crippen molar-refractivity contribution in [3.8, 4) is 0 Å². The van der Waals surface area contributed by atoms with Crippen LogP contribution in [-0.4, -0.2) is 5.97 Å². The molecule has 0 aliphatic carbocycles. The summed E-state index contributed by atoms with van der Waals surface area (Å²) in [6, 6.07) is 17.1. The van der Waals surface area contributed by atoms with Crippen molar-refractivity contribution in [3.63, 3.8) is 0 Å². The molecular formula is C14H11NO2. The first-order valence-corrected chi connectivity index (χ1v) is 5.46. The van der Waals surface area contributed by atoms with Crippen molar-refractivity contribution in [2.75, 3.05) is 5.32 Å². The second kappa shape index (κ2) is 3.94. The molecule has 1 atom stereocenters. The van der Waals surface area contributed by atoms with Crippen LogP contribution in [0.5, 0.6) is 0 Å². The molecule has 0 fully saturated rings. The van der Waals surface area contributed by atoms with E-state index in [9.17, 15) is 4.79 Å². The number of para-hydroxylation sites is 1. The van der Waals surface area contributed by atoms with E-state index in [0.29, 0.717) is 5.56 Å². The highest BCUT2D eigenvalue weighted by molar-refractivity contribution is 5.94. The molecule has 1 heterocycles. The highest BCUT2D eigenvalue weighted by atomic mass is 16.6. The van der Waals surface area contributed by atoms with Gasteiger partial charge in [-0.1, -0.05) is 36.4 Å². The second-order valence-corrected chi connectivity index (χ2v) is 3.88. The molecule has 2 aromatic carbocycles. The number of hydrogen-bond acceptors (Lipinski definition) is 3. The van der Waals surface area contributed by atoms with Crippen molar-refractivity contribution in [3.05, 3.63) is 65.7 Å². The fourth-order valence-electron chi connectivity index (χ4n) is 1.94. The summed E-state index contributed by atoms with van der Waals surface area (Å²) in [5.74, 6) is -0.269. The lowest BCUT2D eigenvalue weighted by atomic mass is 10.1. The van der Waals surface area contributed by atoms with Gasteiger partial charge in [0.25, 0.3) is 0 Å². The van der Waals surface area contributed by atoms with E-state index in [1.807, 2.05) is 48.5 Å². The molecule has 0 unspecified atom stereocenters. The minimum absolute atomic E-state index is 0.269. The number of carbonyl (C=O) groups excluding carboxylic acids is 1. The van der Waals surface area contributed by atoms with Gasteiger partial charge >= 0.3 is 5.97 Å². The molecule has 0 bridgehead atoms. The number of fused-ring (bicyclic) bond motifs is 1. The van der Waals surface area contributed by atoms with Gasteiger partial charge in [0.2, 0.25) is 6.23 Å². The van der Waals surface area contributed by atoms with Crippen LogP contribution in [0.3, 0.4) is 0 Å². The molecular weight excluding hydrogens is 214 g/mol. The van der Waals surface area contributed by atoms with Gasteiger partial charge in [-0.2, -0.15) is 0 Å². The third-order valence-electron chi connectivity index (χ3n) is 2.76. The number of nitrogens with one attached hydrogen (secondary N) is 1. The zero-order valence-corrected chi connectivity index (χ0v) is 9.09. The number of carbonyl (C=O) groups is 1. The van der Waals surface area contributed by atoms with Crippen molar-refractivity contribution >= 4 is 11.7 Å². The van der Waals surface area contributed by atoms with Gasteiger partial charge in [-0.25, -0.2) is 4.79 Å². The maximum absolute atomic E-state index is 11.6. The maximum atomic E-state index is 11.6. The van der Waals surface area contributed by atoms with Gasteiger partial charge in [-0.05, 0) is 18.2 Å². The summed E-state index contributed by atoms with van der Waals surface area (Å²) >= 11 is 0. The predicted octanol–water partition coefficient (Wildman–Crippen LogP) is 2.97. The Hall–Kier alpha value is -2.29. The molecule has 3 nitrogen and oxygen atoms in total. The summed E-state index contributed by atoms with van der Waals surface area (Å²) in [6.07, 6.45) is -0.388. The Morgan fingerprint density at radius 3 is 2.47 bits per heavy atom. The fourth-order valence-corrected chi connectivity index (χ4v) is 1.94. The maximum Gasteiger partial charge on any atom is 0.340 e. The van der Waals surface area contributed by atoms with E-state index in [2.05, 4.69) is 5.32 Å². The third kappa shape index (κ3) is 1.76.